The van der Waals surface area contributed by atoms with Crippen LogP contribution in [0.1, 0.15) is 25.6 Å². The number of aliphatic hydroxyl groups excluding tert-OH is 1. The van der Waals surface area contributed by atoms with E-state index in [4.69, 9.17) is 9.84 Å². The van der Waals surface area contributed by atoms with Gasteiger partial charge in [0.2, 0.25) is 0 Å². The third-order valence-corrected chi connectivity index (χ3v) is 3.19. The monoisotopic (exact) mass is 269 g/mol. The van der Waals surface area contributed by atoms with Crippen LogP contribution < -0.4 is 5.32 Å². The topological polar surface area (TPSA) is 87.2 Å². The first-order valence-electron chi connectivity index (χ1n) is 5.46. The quantitative estimate of drug-likeness (QED) is 0.781. The molecule has 0 fully saturated rings. The maximum Gasteiger partial charge on any atom is 0.413 e. The number of anilines is 1. The lowest BCUT2D eigenvalue weighted by molar-refractivity contribution is 0.0635. The Morgan fingerprint density at radius 1 is 1.61 bits per heavy atom. The van der Waals surface area contributed by atoms with Crippen LogP contribution in [0.3, 0.4) is 0 Å². The molecule has 0 aliphatic rings. The number of nitrogens with zero attached hydrogens (tertiary/aromatic N) is 1. The maximum absolute atomic E-state index is 11.6. The standard InChI is InChI=1S/C11H15N3O3S/c1-11(2,3)17-10(16)12-9-8-7(13-14-9)4-6(5-15)18-8/h4,15H,5H2,1-3H3,(H2,12,13,14,16). The lowest BCUT2D eigenvalue weighted by Crippen LogP contribution is -2.27. The van der Waals surface area contributed by atoms with Gasteiger partial charge in [0.15, 0.2) is 5.82 Å². The van der Waals surface area contributed by atoms with Gasteiger partial charge in [-0.1, -0.05) is 0 Å². The number of rotatable bonds is 2. The minimum absolute atomic E-state index is 0.0287. The van der Waals surface area contributed by atoms with Crippen LogP contribution in [0.5, 0.6) is 0 Å². The van der Waals surface area contributed by atoms with E-state index in [1.807, 2.05) is 0 Å². The molecule has 0 aliphatic heterocycles. The first-order chi connectivity index (χ1) is 8.39. The highest BCUT2D eigenvalue weighted by Crippen LogP contribution is 2.30. The Bertz CT molecular complexity index is 568. The van der Waals surface area contributed by atoms with Gasteiger partial charge in [-0.3, -0.25) is 10.4 Å². The van der Waals surface area contributed by atoms with Crippen molar-refractivity contribution in [1.82, 2.24) is 10.2 Å². The summed E-state index contributed by atoms with van der Waals surface area (Å²) >= 11 is 1.38. The minimum Gasteiger partial charge on any atom is -0.444 e. The molecule has 0 spiro atoms. The number of aromatic nitrogens is 2. The molecule has 7 heteroatoms. The Balaban J connectivity index is 2.16. The molecule has 2 heterocycles. The summed E-state index contributed by atoms with van der Waals surface area (Å²) in [7, 11) is 0. The number of hydrogen-bond acceptors (Lipinski definition) is 5. The van der Waals surface area contributed by atoms with Crippen molar-refractivity contribution in [2.45, 2.75) is 33.0 Å². The molecule has 0 radical (unpaired) electrons. The second-order valence-electron chi connectivity index (χ2n) is 4.81. The fraction of sp³-hybridized carbons (Fsp3) is 0.455. The zero-order valence-electron chi connectivity index (χ0n) is 10.4. The molecule has 2 rings (SSSR count). The molecule has 98 valence electrons. The summed E-state index contributed by atoms with van der Waals surface area (Å²) < 4.78 is 5.94. The molecular formula is C11H15N3O3S. The van der Waals surface area contributed by atoms with Gasteiger partial charge in [-0.05, 0) is 26.8 Å². The molecule has 6 nitrogen and oxygen atoms in total. The molecule has 0 aromatic carbocycles. The van der Waals surface area contributed by atoms with E-state index in [0.717, 1.165) is 15.1 Å². The van der Waals surface area contributed by atoms with Crippen LogP contribution >= 0.6 is 11.3 Å². The van der Waals surface area contributed by atoms with Gasteiger partial charge < -0.3 is 9.84 Å². The lowest BCUT2D eigenvalue weighted by Gasteiger charge is -2.19. The Morgan fingerprint density at radius 3 is 2.94 bits per heavy atom. The Labute approximate surface area is 108 Å². The summed E-state index contributed by atoms with van der Waals surface area (Å²) in [5, 5.41) is 18.4. The zero-order valence-corrected chi connectivity index (χ0v) is 11.2. The van der Waals surface area contributed by atoms with Crippen LogP contribution in [0, 0.1) is 0 Å². The Morgan fingerprint density at radius 2 is 2.33 bits per heavy atom. The molecule has 0 aliphatic carbocycles. The van der Waals surface area contributed by atoms with Crippen molar-refractivity contribution < 1.29 is 14.6 Å². The third kappa shape index (κ3) is 2.80. The normalized spacial score (nSPS) is 11.8. The van der Waals surface area contributed by atoms with Crippen molar-refractivity contribution >= 4 is 33.5 Å². The molecule has 0 bridgehead atoms. The number of thiophene rings is 1. The summed E-state index contributed by atoms with van der Waals surface area (Å²) in [6, 6.07) is 1.80. The van der Waals surface area contributed by atoms with Crippen LogP contribution in [0.25, 0.3) is 10.2 Å². The van der Waals surface area contributed by atoms with E-state index in [-0.39, 0.29) is 6.61 Å². The van der Waals surface area contributed by atoms with Crippen LogP contribution in [-0.2, 0) is 11.3 Å². The van der Waals surface area contributed by atoms with Gasteiger partial charge in [-0.2, -0.15) is 5.10 Å². The number of nitrogens with one attached hydrogen (secondary N) is 2. The van der Waals surface area contributed by atoms with Gasteiger partial charge in [0.25, 0.3) is 0 Å². The molecule has 1 amide bonds. The number of ether oxygens (including phenoxy) is 1. The van der Waals surface area contributed by atoms with Gasteiger partial charge in [0, 0.05) is 4.88 Å². The second-order valence-corrected chi connectivity index (χ2v) is 5.95. The minimum atomic E-state index is -0.550. The number of aliphatic hydroxyl groups is 1. The van der Waals surface area contributed by atoms with Crippen molar-refractivity contribution in [3.63, 3.8) is 0 Å². The fourth-order valence-electron chi connectivity index (χ4n) is 1.43. The highest BCUT2D eigenvalue weighted by Gasteiger charge is 2.18. The number of hydrogen-bond donors (Lipinski definition) is 3. The van der Waals surface area contributed by atoms with Crippen molar-refractivity contribution in [3.8, 4) is 0 Å². The molecule has 2 aromatic rings. The van der Waals surface area contributed by atoms with Crippen molar-refractivity contribution in [1.29, 1.82) is 0 Å². The van der Waals surface area contributed by atoms with Crippen molar-refractivity contribution in [2.75, 3.05) is 5.32 Å². The van der Waals surface area contributed by atoms with E-state index in [9.17, 15) is 4.79 Å². The highest BCUT2D eigenvalue weighted by atomic mass is 32.1. The molecule has 0 saturated heterocycles. The predicted octanol–water partition coefficient (Wildman–Crippen LogP) is 2.46. The molecule has 3 N–H and O–H groups in total. The molecule has 0 saturated carbocycles. The molecule has 0 atom stereocenters. The lowest BCUT2D eigenvalue weighted by atomic mass is 10.2. The fourth-order valence-corrected chi connectivity index (χ4v) is 2.34. The summed E-state index contributed by atoms with van der Waals surface area (Å²) in [5.74, 6) is 0.420. The molecule has 0 unspecified atom stereocenters. The number of fused-ring (bicyclic) bond motifs is 1. The first-order valence-corrected chi connectivity index (χ1v) is 6.28. The Hall–Kier alpha value is -1.60. The van der Waals surface area contributed by atoms with Gasteiger partial charge in [0.05, 0.1) is 16.8 Å². The highest BCUT2D eigenvalue weighted by molar-refractivity contribution is 7.19. The molecule has 2 aromatic heterocycles. The van der Waals surface area contributed by atoms with Crippen molar-refractivity contribution in [2.24, 2.45) is 0 Å². The average molecular weight is 269 g/mol. The average Bonchev–Trinajstić information content (AvgIpc) is 2.77. The van der Waals surface area contributed by atoms with Crippen molar-refractivity contribution in [3.05, 3.63) is 10.9 Å². The molecular weight excluding hydrogens is 254 g/mol. The largest absolute Gasteiger partial charge is 0.444 e. The van der Waals surface area contributed by atoms with E-state index < -0.39 is 11.7 Å². The summed E-state index contributed by atoms with van der Waals surface area (Å²) in [6.07, 6.45) is -0.546. The SMILES string of the molecule is CC(C)(C)OC(=O)Nc1n[nH]c2cc(CO)sc12. The van der Waals surface area contributed by atoms with E-state index in [0.29, 0.717) is 5.82 Å². The van der Waals surface area contributed by atoms with Gasteiger partial charge in [-0.15, -0.1) is 11.3 Å². The zero-order chi connectivity index (χ0) is 13.3. The van der Waals surface area contributed by atoms with Gasteiger partial charge in [-0.25, -0.2) is 4.79 Å². The maximum atomic E-state index is 11.6. The predicted molar refractivity (Wildman–Crippen MR) is 69.8 cm³/mol. The van der Waals surface area contributed by atoms with E-state index in [1.54, 1.807) is 26.8 Å². The molecule has 18 heavy (non-hydrogen) atoms. The Kier molecular flexibility index (Phi) is 3.27. The second kappa shape index (κ2) is 4.58. The van der Waals surface area contributed by atoms with Crippen LogP contribution in [0.4, 0.5) is 10.6 Å². The van der Waals surface area contributed by atoms with Crippen LogP contribution in [0.15, 0.2) is 6.07 Å². The number of amides is 1. The van der Waals surface area contributed by atoms with Gasteiger partial charge in [0.1, 0.15) is 5.60 Å². The van der Waals surface area contributed by atoms with Gasteiger partial charge >= 0.3 is 6.09 Å². The van der Waals surface area contributed by atoms with E-state index >= 15 is 0 Å². The van der Waals surface area contributed by atoms with E-state index in [2.05, 4.69) is 15.5 Å². The van der Waals surface area contributed by atoms with Crippen LogP contribution in [0.2, 0.25) is 0 Å². The number of H-pyrrole nitrogens is 1. The van der Waals surface area contributed by atoms with E-state index in [1.165, 1.54) is 11.3 Å². The first kappa shape index (κ1) is 12.8. The summed E-state index contributed by atoms with van der Waals surface area (Å²) in [4.78, 5) is 12.4. The smallest absolute Gasteiger partial charge is 0.413 e. The third-order valence-electron chi connectivity index (χ3n) is 2.06. The summed E-state index contributed by atoms with van der Waals surface area (Å²) in [6.45, 7) is 5.35. The number of carbonyl (C=O) groups excluding carboxylic acids is 1. The number of aromatic amines is 1. The summed E-state index contributed by atoms with van der Waals surface area (Å²) in [5.41, 5.74) is 0.237. The van der Waals surface area contributed by atoms with Crippen LogP contribution in [-0.4, -0.2) is 27.0 Å². The number of carbonyl (C=O) groups is 1.